The Kier molecular flexibility index (Phi) is 8.31. The van der Waals surface area contributed by atoms with Crippen molar-refractivity contribution in [1.82, 2.24) is 0 Å². The molecule has 1 rings (SSSR count). The van der Waals surface area contributed by atoms with Gasteiger partial charge in [-0.25, -0.2) is 9.90 Å². The van der Waals surface area contributed by atoms with Gasteiger partial charge in [-0.1, -0.05) is 39.0 Å². The molecule has 0 spiro atoms. The summed E-state index contributed by atoms with van der Waals surface area (Å²) in [6, 6.07) is 0. The number of unbranched alkanes of at least 4 members (excludes halogenated alkanes) is 5. The molecule has 0 aromatic heterocycles. The van der Waals surface area contributed by atoms with Crippen LogP contribution in [-0.2, 0) is 19.4 Å². The molecule has 1 aliphatic rings. The molecule has 4 nitrogen and oxygen atoms in total. The topological polar surface area (TPSA) is 63.3 Å². The van der Waals surface area contributed by atoms with E-state index in [2.05, 4.69) is 6.92 Å². The molecule has 0 bridgehead atoms. The predicted octanol–water partition coefficient (Wildman–Crippen LogP) is 3.47. The fourth-order valence-corrected chi connectivity index (χ4v) is 2.66. The maximum Gasteiger partial charge on any atom is 0.358 e. The lowest BCUT2D eigenvalue weighted by Gasteiger charge is -2.23. The second kappa shape index (κ2) is 9.78. The van der Waals surface area contributed by atoms with Crippen LogP contribution in [0.2, 0.25) is 0 Å². The van der Waals surface area contributed by atoms with E-state index in [4.69, 9.17) is 4.74 Å². The molecule has 0 aromatic carbocycles. The van der Waals surface area contributed by atoms with Gasteiger partial charge >= 0.3 is 11.9 Å². The van der Waals surface area contributed by atoms with Crippen LogP contribution in [0.5, 0.6) is 0 Å². The molecule has 1 saturated carbocycles. The molecule has 20 heavy (non-hydrogen) atoms. The van der Waals surface area contributed by atoms with Crippen LogP contribution in [-0.4, -0.2) is 18.5 Å². The Bertz CT molecular complexity index is 293. The lowest BCUT2D eigenvalue weighted by Crippen LogP contribution is -2.26. The molecule has 0 heterocycles. The largest absolute Gasteiger partial charge is 0.465 e. The highest BCUT2D eigenvalue weighted by Crippen LogP contribution is 2.29. The van der Waals surface area contributed by atoms with Gasteiger partial charge in [0.25, 0.3) is 0 Å². The van der Waals surface area contributed by atoms with Gasteiger partial charge in [-0.3, -0.25) is 4.79 Å². The minimum absolute atomic E-state index is 0.114. The van der Waals surface area contributed by atoms with Crippen LogP contribution in [0.15, 0.2) is 0 Å². The van der Waals surface area contributed by atoms with Crippen molar-refractivity contribution in [2.24, 2.45) is 11.8 Å². The summed E-state index contributed by atoms with van der Waals surface area (Å²) >= 11 is 0. The number of esters is 1. The zero-order valence-corrected chi connectivity index (χ0v) is 12.3. The van der Waals surface area contributed by atoms with E-state index >= 15 is 0 Å². The quantitative estimate of drug-likeness (QED) is 0.480. The molecule has 0 N–H and O–H groups in total. The summed E-state index contributed by atoms with van der Waals surface area (Å²) < 4.78 is 5.27. The van der Waals surface area contributed by atoms with Crippen LogP contribution < -0.4 is 0 Å². The molecule has 0 saturated heterocycles. The van der Waals surface area contributed by atoms with E-state index in [1.54, 1.807) is 0 Å². The number of rotatable bonds is 9. The fourth-order valence-electron chi connectivity index (χ4n) is 2.66. The van der Waals surface area contributed by atoms with E-state index in [0.717, 1.165) is 19.3 Å². The molecule has 1 aliphatic carbocycles. The summed E-state index contributed by atoms with van der Waals surface area (Å²) in [6.07, 6.45) is 8.82. The summed E-state index contributed by atoms with van der Waals surface area (Å²) in [4.78, 5) is 22.5. The fraction of sp³-hybridized carbons (Fsp3) is 0.812. The van der Waals surface area contributed by atoms with Crippen molar-refractivity contribution in [2.75, 3.05) is 6.61 Å². The first-order valence-electron chi connectivity index (χ1n) is 7.82. The molecule has 0 aromatic rings. The second-order valence-corrected chi connectivity index (χ2v) is 5.66. The van der Waals surface area contributed by atoms with Gasteiger partial charge in [0.15, 0.2) is 0 Å². The number of carbonyl (C=O) groups excluding carboxylic acids is 2. The Morgan fingerprint density at radius 3 is 2.05 bits per heavy atom. The molecule has 0 aliphatic heterocycles. The summed E-state index contributed by atoms with van der Waals surface area (Å²) in [7, 11) is 0. The Morgan fingerprint density at radius 1 is 0.900 bits per heavy atom. The molecule has 0 amide bonds. The third-order valence-corrected chi connectivity index (χ3v) is 4.03. The first-order chi connectivity index (χ1) is 9.65. The molecule has 1 fully saturated rings. The smallest absolute Gasteiger partial charge is 0.358 e. The average Bonchev–Trinajstić information content (AvgIpc) is 2.46. The van der Waals surface area contributed by atoms with Crippen LogP contribution in [0.25, 0.3) is 0 Å². The summed E-state index contributed by atoms with van der Waals surface area (Å²) in [5.74, 6) is -1.64. The molecular weight excluding hydrogens is 256 g/mol. The van der Waals surface area contributed by atoms with Gasteiger partial charge in [-0.15, -0.1) is 0 Å². The van der Waals surface area contributed by atoms with Gasteiger partial charge < -0.3 is 4.74 Å². The van der Waals surface area contributed by atoms with Crippen LogP contribution in [0.4, 0.5) is 0 Å². The monoisotopic (exact) mass is 282 g/mol. The summed E-state index contributed by atoms with van der Waals surface area (Å²) in [6.45, 7) is 4.29. The van der Waals surface area contributed by atoms with Gasteiger partial charge in [-0.2, -0.15) is 0 Å². The second-order valence-electron chi connectivity index (χ2n) is 5.66. The minimum atomic E-state index is -0.987. The number of hydrogen-bond donors (Lipinski definition) is 0. The molecule has 0 unspecified atom stereocenters. The standard InChI is InChI=1S/C16H26O4/c1-2-3-4-5-6-7-12-20-16(19)14-10-8-13(9-11-14)15(17)18/h13-14H,1-12H2/t13-,14+. The van der Waals surface area contributed by atoms with Gasteiger partial charge in [0.2, 0.25) is 0 Å². The Balaban J connectivity index is 2.04. The van der Waals surface area contributed by atoms with Crippen LogP contribution in [0.1, 0.15) is 64.2 Å². The van der Waals surface area contributed by atoms with E-state index in [1.807, 2.05) is 0 Å². The average molecular weight is 282 g/mol. The third-order valence-electron chi connectivity index (χ3n) is 4.03. The first kappa shape index (κ1) is 17.0. The number of hydrogen-bond acceptors (Lipinski definition) is 3. The predicted molar refractivity (Wildman–Crippen MR) is 75.2 cm³/mol. The van der Waals surface area contributed by atoms with E-state index < -0.39 is 5.97 Å². The zero-order valence-electron chi connectivity index (χ0n) is 12.3. The maximum atomic E-state index is 11.8. The molecular formula is C16H26O4. The van der Waals surface area contributed by atoms with Crippen molar-refractivity contribution in [2.45, 2.75) is 64.2 Å². The molecule has 4 heteroatoms. The molecule has 2 radical (unpaired) electrons. The van der Waals surface area contributed by atoms with Gasteiger partial charge in [0, 0.05) is 0 Å². The van der Waals surface area contributed by atoms with Crippen LogP contribution in [0, 0.1) is 18.8 Å². The van der Waals surface area contributed by atoms with Crippen molar-refractivity contribution in [1.29, 1.82) is 0 Å². The van der Waals surface area contributed by atoms with Gasteiger partial charge in [-0.05, 0) is 32.1 Å². The van der Waals surface area contributed by atoms with Crippen molar-refractivity contribution < 1.29 is 19.4 Å². The van der Waals surface area contributed by atoms with Crippen molar-refractivity contribution in [3.05, 3.63) is 6.92 Å². The highest BCUT2D eigenvalue weighted by molar-refractivity contribution is 5.74. The van der Waals surface area contributed by atoms with E-state index in [-0.39, 0.29) is 17.8 Å². The Labute approximate surface area is 121 Å². The highest BCUT2D eigenvalue weighted by atomic mass is 16.5. The van der Waals surface area contributed by atoms with Crippen molar-refractivity contribution in [3.63, 3.8) is 0 Å². The SMILES string of the molecule is [CH2]CCCCCCCOC(=O)[C@H]1CC[C@@H](C([O])=O)CC1. The lowest BCUT2D eigenvalue weighted by molar-refractivity contribution is -0.155. The summed E-state index contributed by atoms with van der Waals surface area (Å²) in [5, 5.41) is 10.7. The zero-order chi connectivity index (χ0) is 14.8. The van der Waals surface area contributed by atoms with Crippen molar-refractivity contribution in [3.8, 4) is 0 Å². The van der Waals surface area contributed by atoms with E-state index in [1.165, 1.54) is 19.3 Å². The van der Waals surface area contributed by atoms with Crippen molar-refractivity contribution >= 4 is 11.9 Å². The number of carbonyl (C=O) groups is 2. The van der Waals surface area contributed by atoms with E-state index in [9.17, 15) is 14.7 Å². The Hall–Kier alpha value is -1.06. The third kappa shape index (κ3) is 6.40. The van der Waals surface area contributed by atoms with Crippen LogP contribution in [0.3, 0.4) is 0 Å². The van der Waals surface area contributed by atoms with E-state index in [0.29, 0.717) is 32.3 Å². The van der Waals surface area contributed by atoms with Gasteiger partial charge in [0.05, 0.1) is 18.4 Å². The highest BCUT2D eigenvalue weighted by Gasteiger charge is 2.31. The van der Waals surface area contributed by atoms with Crippen LogP contribution >= 0.6 is 0 Å². The number of ether oxygens (including phenoxy) is 1. The lowest BCUT2D eigenvalue weighted by atomic mass is 9.82. The summed E-state index contributed by atoms with van der Waals surface area (Å²) in [5.41, 5.74) is 0. The first-order valence-corrected chi connectivity index (χ1v) is 7.82. The van der Waals surface area contributed by atoms with Gasteiger partial charge in [0.1, 0.15) is 0 Å². The molecule has 0 atom stereocenters. The minimum Gasteiger partial charge on any atom is -0.465 e. The maximum absolute atomic E-state index is 11.8. The Morgan fingerprint density at radius 2 is 1.45 bits per heavy atom. The normalized spacial score (nSPS) is 22.4. The molecule has 114 valence electrons.